The first kappa shape index (κ1) is 20.4. The van der Waals surface area contributed by atoms with Crippen molar-refractivity contribution >= 4 is 23.5 Å². The smallest absolute Gasteiger partial charge is 0.317 e. The molecule has 0 saturated carbocycles. The molecule has 6 nitrogen and oxygen atoms in total. The van der Waals surface area contributed by atoms with Crippen molar-refractivity contribution in [3.8, 4) is 5.75 Å². The van der Waals surface area contributed by atoms with E-state index >= 15 is 0 Å². The lowest BCUT2D eigenvalue weighted by molar-refractivity contribution is -0.119. The SMILES string of the molecule is CC(=O)NCC[C@@H]1CCCCN1C(=O)NCCOc1c(C)cccc1Cl. The number of benzene rings is 1. The highest BCUT2D eigenvalue weighted by Crippen LogP contribution is 2.27. The molecule has 0 unspecified atom stereocenters. The molecule has 0 radical (unpaired) electrons. The van der Waals surface area contributed by atoms with Crippen molar-refractivity contribution in [1.82, 2.24) is 15.5 Å². The number of carbonyl (C=O) groups excluding carboxylic acids is 2. The van der Waals surface area contributed by atoms with E-state index in [9.17, 15) is 9.59 Å². The van der Waals surface area contributed by atoms with Gasteiger partial charge in [0.2, 0.25) is 5.91 Å². The standard InChI is InChI=1S/C19H28ClN3O3/c1-14-6-5-8-17(20)18(14)26-13-11-22-19(25)23-12-4-3-7-16(23)9-10-21-15(2)24/h5-6,8,16H,3-4,7,9-13H2,1-2H3,(H,21,24)(H,22,25)/t16-/m0/s1. The summed E-state index contributed by atoms with van der Waals surface area (Å²) in [6.07, 6.45) is 3.88. The van der Waals surface area contributed by atoms with E-state index in [1.54, 1.807) is 6.07 Å². The summed E-state index contributed by atoms with van der Waals surface area (Å²) >= 11 is 6.13. The van der Waals surface area contributed by atoms with Crippen LogP contribution in [0.5, 0.6) is 5.75 Å². The highest BCUT2D eigenvalue weighted by Gasteiger charge is 2.26. The Balaban J connectivity index is 1.77. The summed E-state index contributed by atoms with van der Waals surface area (Å²) in [4.78, 5) is 25.4. The zero-order chi connectivity index (χ0) is 18.9. The summed E-state index contributed by atoms with van der Waals surface area (Å²) in [5.74, 6) is 0.624. The predicted molar refractivity (Wildman–Crippen MR) is 103 cm³/mol. The van der Waals surface area contributed by atoms with Crippen LogP contribution in [0.4, 0.5) is 4.79 Å². The number of ether oxygens (including phenoxy) is 1. The first-order valence-electron chi connectivity index (χ1n) is 9.16. The number of rotatable bonds is 7. The monoisotopic (exact) mass is 381 g/mol. The molecule has 2 rings (SSSR count). The quantitative estimate of drug-likeness (QED) is 0.713. The van der Waals surface area contributed by atoms with Crippen molar-refractivity contribution in [2.75, 3.05) is 26.2 Å². The largest absolute Gasteiger partial charge is 0.490 e. The van der Waals surface area contributed by atoms with Crippen LogP contribution in [0, 0.1) is 6.92 Å². The Labute approximate surface area is 160 Å². The lowest BCUT2D eigenvalue weighted by Crippen LogP contribution is -2.50. The second kappa shape index (κ2) is 10.3. The second-order valence-corrected chi connectivity index (χ2v) is 6.99. The molecular weight excluding hydrogens is 354 g/mol. The van der Waals surface area contributed by atoms with Gasteiger partial charge < -0.3 is 20.3 Å². The average Bonchev–Trinajstić information content (AvgIpc) is 2.60. The average molecular weight is 382 g/mol. The predicted octanol–water partition coefficient (Wildman–Crippen LogP) is 3.12. The first-order chi connectivity index (χ1) is 12.5. The number of aryl methyl sites for hydroxylation is 1. The van der Waals surface area contributed by atoms with Gasteiger partial charge in [-0.2, -0.15) is 0 Å². The van der Waals surface area contributed by atoms with E-state index in [-0.39, 0.29) is 18.0 Å². The third-order valence-corrected chi connectivity index (χ3v) is 4.83. The van der Waals surface area contributed by atoms with E-state index in [2.05, 4.69) is 10.6 Å². The number of piperidine rings is 1. The molecule has 2 N–H and O–H groups in total. The third kappa shape index (κ3) is 6.09. The maximum absolute atomic E-state index is 12.5. The molecule has 0 spiro atoms. The number of likely N-dealkylation sites (tertiary alicyclic amines) is 1. The van der Waals surface area contributed by atoms with Gasteiger partial charge in [-0.05, 0) is 44.2 Å². The lowest BCUT2D eigenvalue weighted by atomic mass is 10.00. The molecular formula is C19H28ClN3O3. The minimum Gasteiger partial charge on any atom is -0.490 e. The van der Waals surface area contributed by atoms with Crippen molar-refractivity contribution in [3.05, 3.63) is 28.8 Å². The maximum atomic E-state index is 12.5. The number of nitrogens with zero attached hydrogens (tertiary/aromatic N) is 1. The van der Waals surface area contributed by atoms with Crippen LogP contribution >= 0.6 is 11.6 Å². The van der Waals surface area contributed by atoms with E-state index in [1.165, 1.54) is 6.92 Å². The number of amides is 3. The molecule has 7 heteroatoms. The number of para-hydroxylation sites is 1. The highest BCUT2D eigenvalue weighted by atomic mass is 35.5. The first-order valence-corrected chi connectivity index (χ1v) is 9.53. The molecule has 1 aliphatic heterocycles. The zero-order valence-electron chi connectivity index (χ0n) is 15.5. The Morgan fingerprint density at radius 3 is 2.81 bits per heavy atom. The molecule has 0 aliphatic carbocycles. The van der Waals surface area contributed by atoms with Gasteiger partial charge in [0.1, 0.15) is 12.4 Å². The number of hydrogen-bond donors (Lipinski definition) is 2. The van der Waals surface area contributed by atoms with Gasteiger partial charge in [-0.15, -0.1) is 0 Å². The van der Waals surface area contributed by atoms with E-state index < -0.39 is 0 Å². The van der Waals surface area contributed by atoms with Crippen LogP contribution in [0.1, 0.15) is 38.2 Å². The van der Waals surface area contributed by atoms with Crippen LogP contribution in [-0.4, -0.2) is 49.1 Å². The van der Waals surface area contributed by atoms with E-state index in [0.717, 1.165) is 37.8 Å². The molecule has 1 fully saturated rings. The Bertz CT molecular complexity index is 604. The van der Waals surface area contributed by atoms with Crippen LogP contribution in [0.3, 0.4) is 0 Å². The van der Waals surface area contributed by atoms with E-state index in [4.69, 9.17) is 16.3 Å². The Kier molecular flexibility index (Phi) is 8.04. The van der Waals surface area contributed by atoms with Gasteiger partial charge in [0, 0.05) is 26.1 Å². The minimum absolute atomic E-state index is 0.0381. The molecule has 26 heavy (non-hydrogen) atoms. The number of halogens is 1. The summed E-state index contributed by atoms with van der Waals surface area (Å²) in [5.41, 5.74) is 0.970. The minimum atomic E-state index is -0.0722. The fourth-order valence-corrected chi connectivity index (χ4v) is 3.47. The summed E-state index contributed by atoms with van der Waals surface area (Å²) < 4.78 is 5.71. The van der Waals surface area contributed by atoms with Crippen LogP contribution in [0.25, 0.3) is 0 Å². The van der Waals surface area contributed by atoms with E-state index in [0.29, 0.717) is 30.5 Å². The molecule has 1 atom stereocenters. The van der Waals surface area contributed by atoms with Gasteiger partial charge in [-0.3, -0.25) is 4.79 Å². The second-order valence-electron chi connectivity index (χ2n) is 6.58. The molecule has 1 aliphatic rings. The number of hydrogen-bond acceptors (Lipinski definition) is 3. The fraction of sp³-hybridized carbons (Fsp3) is 0.579. The Morgan fingerprint density at radius 1 is 1.27 bits per heavy atom. The summed E-state index contributed by atoms with van der Waals surface area (Å²) in [6.45, 7) is 5.57. The van der Waals surface area contributed by atoms with Gasteiger partial charge in [0.05, 0.1) is 11.6 Å². The number of urea groups is 1. The topological polar surface area (TPSA) is 70.7 Å². The Morgan fingerprint density at radius 2 is 2.08 bits per heavy atom. The summed E-state index contributed by atoms with van der Waals surface area (Å²) in [5, 5.41) is 6.30. The van der Waals surface area contributed by atoms with Crippen molar-refractivity contribution in [2.45, 2.75) is 45.6 Å². The third-order valence-electron chi connectivity index (χ3n) is 4.53. The molecule has 1 aromatic carbocycles. The Hall–Kier alpha value is -1.95. The summed E-state index contributed by atoms with van der Waals surface area (Å²) in [7, 11) is 0. The summed E-state index contributed by atoms with van der Waals surface area (Å²) in [6, 6.07) is 5.70. The zero-order valence-corrected chi connectivity index (χ0v) is 16.3. The van der Waals surface area contributed by atoms with E-state index in [1.807, 2.05) is 24.0 Å². The molecule has 0 bridgehead atoms. The lowest BCUT2D eigenvalue weighted by Gasteiger charge is -2.35. The van der Waals surface area contributed by atoms with Crippen LogP contribution < -0.4 is 15.4 Å². The normalized spacial score (nSPS) is 16.9. The van der Waals surface area contributed by atoms with Gasteiger partial charge >= 0.3 is 6.03 Å². The number of carbonyl (C=O) groups is 2. The van der Waals surface area contributed by atoms with Crippen molar-refractivity contribution in [2.24, 2.45) is 0 Å². The highest BCUT2D eigenvalue weighted by molar-refractivity contribution is 6.32. The number of nitrogens with one attached hydrogen (secondary N) is 2. The fourth-order valence-electron chi connectivity index (χ4n) is 3.19. The van der Waals surface area contributed by atoms with Gasteiger partial charge in [-0.1, -0.05) is 23.7 Å². The molecule has 144 valence electrons. The molecule has 0 aromatic heterocycles. The maximum Gasteiger partial charge on any atom is 0.317 e. The van der Waals surface area contributed by atoms with Crippen LogP contribution in [0.2, 0.25) is 5.02 Å². The van der Waals surface area contributed by atoms with Crippen LogP contribution in [0.15, 0.2) is 18.2 Å². The van der Waals surface area contributed by atoms with Crippen molar-refractivity contribution in [3.63, 3.8) is 0 Å². The molecule has 3 amide bonds. The van der Waals surface area contributed by atoms with Gasteiger partial charge in [0.25, 0.3) is 0 Å². The van der Waals surface area contributed by atoms with Gasteiger partial charge in [0.15, 0.2) is 0 Å². The molecule has 1 saturated heterocycles. The van der Waals surface area contributed by atoms with Crippen molar-refractivity contribution in [1.29, 1.82) is 0 Å². The molecule has 1 aromatic rings. The van der Waals surface area contributed by atoms with Gasteiger partial charge in [-0.25, -0.2) is 4.79 Å². The van der Waals surface area contributed by atoms with Crippen LogP contribution in [-0.2, 0) is 4.79 Å². The van der Waals surface area contributed by atoms with Crippen molar-refractivity contribution < 1.29 is 14.3 Å². The molecule has 1 heterocycles.